The van der Waals surface area contributed by atoms with E-state index in [4.69, 9.17) is 19.9 Å². The summed E-state index contributed by atoms with van der Waals surface area (Å²) in [7, 11) is 3.22. The quantitative estimate of drug-likeness (QED) is 0.759. The molecule has 0 saturated carbocycles. The van der Waals surface area contributed by atoms with Crippen molar-refractivity contribution in [1.29, 1.82) is 0 Å². The molecule has 3 N–H and O–H groups in total. The van der Waals surface area contributed by atoms with Gasteiger partial charge in [-0.25, -0.2) is 0 Å². The van der Waals surface area contributed by atoms with Crippen LogP contribution in [0.1, 0.15) is 18.4 Å². The average molecular weight is 373 g/mol. The third-order valence-electron chi connectivity index (χ3n) is 3.66. The summed E-state index contributed by atoms with van der Waals surface area (Å²) in [4.78, 5) is 11.1. The van der Waals surface area contributed by atoms with E-state index in [0.717, 1.165) is 16.5 Å². The smallest absolute Gasteiger partial charge is 0.246 e. The molecule has 0 radical (unpaired) electrons. The molecule has 1 aromatic rings. The van der Waals surface area contributed by atoms with E-state index < -0.39 is 6.10 Å². The van der Waals surface area contributed by atoms with Crippen molar-refractivity contribution >= 4 is 21.8 Å². The maximum absolute atomic E-state index is 11.1. The maximum atomic E-state index is 11.1. The van der Waals surface area contributed by atoms with Crippen LogP contribution in [0.25, 0.3) is 0 Å². The van der Waals surface area contributed by atoms with Gasteiger partial charge in [-0.3, -0.25) is 4.79 Å². The predicted molar refractivity (Wildman–Crippen MR) is 86.0 cm³/mol. The van der Waals surface area contributed by atoms with Gasteiger partial charge in [0.2, 0.25) is 5.91 Å². The van der Waals surface area contributed by atoms with Crippen molar-refractivity contribution in [2.75, 3.05) is 20.8 Å². The minimum absolute atomic E-state index is 0.0245. The van der Waals surface area contributed by atoms with Crippen LogP contribution in [0.3, 0.4) is 0 Å². The maximum Gasteiger partial charge on any atom is 0.246 e. The molecule has 122 valence electrons. The van der Waals surface area contributed by atoms with Gasteiger partial charge in [0.1, 0.15) is 6.10 Å². The van der Waals surface area contributed by atoms with Crippen molar-refractivity contribution < 1.29 is 19.0 Å². The second-order valence-corrected chi connectivity index (χ2v) is 6.01. The lowest BCUT2D eigenvalue weighted by atomic mass is 10.1. The summed E-state index contributed by atoms with van der Waals surface area (Å²) in [6.45, 7) is 1.33. The fourth-order valence-corrected chi connectivity index (χ4v) is 2.93. The van der Waals surface area contributed by atoms with Gasteiger partial charge in [0, 0.05) is 17.6 Å². The summed E-state index contributed by atoms with van der Waals surface area (Å²) in [6, 6.07) is 3.81. The second-order valence-electron chi connectivity index (χ2n) is 5.16. The first-order valence-electron chi connectivity index (χ1n) is 7.11. The Balaban J connectivity index is 1.88. The monoisotopic (exact) mass is 372 g/mol. The first-order chi connectivity index (χ1) is 10.5. The Morgan fingerprint density at radius 1 is 1.36 bits per heavy atom. The average Bonchev–Trinajstić information content (AvgIpc) is 2.97. The molecule has 1 aromatic carbocycles. The van der Waals surface area contributed by atoms with E-state index in [9.17, 15) is 4.79 Å². The number of carbonyl (C=O) groups is 1. The van der Waals surface area contributed by atoms with E-state index in [-0.39, 0.29) is 12.0 Å². The highest BCUT2D eigenvalue weighted by atomic mass is 79.9. The third kappa shape index (κ3) is 4.12. The first-order valence-corrected chi connectivity index (χ1v) is 7.90. The Hall–Kier alpha value is -1.31. The molecule has 1 amide bonds. The minimum atomic E-state index is -0.445. The number of nitrogens with two attached hydrogens (primary N) is 1. The molecule has 1 fully saturated rings. The number of amides is 1. The molecule has 1 heterocycles. The summed E-state index contributed by atoms with van der Waals surface area (Å²) in [5.41, 5.74) is 6.30. The third-order valence-corrected chi connectivity index (χ3v) is 4.40. The summed E-state index contributed by atoms with van der Waals surface area (Å²) in [6.07, 6.45) is 1.12. The summed E-state index contributed by atoms with van der Waals surface area (Å²) < 4.78 is 17.1. The highest BCUT2D eigenvalue weighted by molar-refractivity contribution is 9.10. The lowest BCUT2D eigenvalue weighted by molar-refractivity contribution is -0.128. The standard InChI is InChI=1S/C15H21BrN2O4/c1-20-13-5-9(11(16)6-14(13)21-2)7-18-8-10-3-4-12(22-10)15(17)19/h5-6,10,12,18H,3-4,7-8H2,1-2H3,(H2,17,19)/t10-,12-/m1/s1. The highest BCUT2D eigenvalue weighted by Crippen LogP contribution is 2.33. The molecule has 0 aliphatic carbocycles. The van der Waals surface area contributed by atoms with Gasteiger partial charge in [0.05, 0.1) is 20.3 Å². The van der Waals surface area contributed by atoms with Crippen LogP contribution in [-0.2, 0) is 16.1 Å². The number of carbonyl (C=O) groups excluding carboxylic acids is 1. The van der Waals surface area contributed by atoms with E-state index in [2.05, 4.69) is 21.2 Å². The number of methoxy groups -OCH3 is 2. The number of rotatable bonds is 7. The minimum Gasteiger partial charge on any atom is -0.493 e. The van der Waals surface area contributed by atoms with Crippen LogP contribution in [0.5, 0.6) is 11.5 Å². The molecular weight excluding hydrogens is 352 g/mol. The van der Waals surface area contributed by atoms with Crippen LogP contribution >= 0.6 is 15.9 Å². The van der Waals surface area contributed by atoms with Gasteiger partial charge >= 0.3 is 0 Å². The van der Waals surface area contributed by atoms with Gasteiger partial charge in [-0.2, -0.15) is 0 Å². The van der Waals surface area contributed by atoms with Crippen LogP contribution in [0.4, 0.5) is 0 Å². The van der Waals surface area contributed by atoms with Crippen molar-refractivity contribution in [1.82, 2.24) is 5.32 Å². The lowest BCUT2D eigenvalue weighted by Crippen LogP contribution is -2.31. The topological polar surface area (TPSA) is 82.8 Å². The second kappa shape index (κ2) is 7.80. The number of hydrogen-bond donors (Lipinski definition) is 2. The molecule has 0 aromatic heterocycles. The molecule has 2 atom stereocenters. The fourth-order valence-electron chi connectivity index (χ4n) is 2.46. The Labute approximate surface area is 138 Å². The van der Waals surface area contributed by atoms with Gasteiger partial charge in [-0.1, -0.05) is 15.9 Å². The van der Waals surface area contributed by atoms with Crippen molar-refractivity contribution in [2.24, 2.45) is 5.73 Å². The number of nitrogens with one attached hydrogen (secondary N) is 1. The Morgan fingerprint density at radius 3 is 2.64 bits per heavy atom. The van der Waals surface area contributed by atoms with Crippen LogP contribution < -0.4 is 20.5 Å². The van der Waals surface area contributed by atoms with Crippen molar-refractivity contribution in [2.45, 2.75) is 31.6 Å². The van der Waals surface area contributed by atoms with E-state index in [1.165, 1.54) is 0 Å². The summed E-state index contributed by atoms with van der Waals surface area (Å²) >= 11 is 3.53. The zero-order chi connectivity index (χ0) is 16.1. The Kier molecular flexibility index (Phi) is 6.05. The zero-order valence-corrected chi connectivity index (χ0v) is 14.3. The van der Waals surface area contributed by atoms with E-state index in [1.54, 1.807) is 14.2 Å². The molecule has 0 unspecified atom stereocenters. The molecule has 22 heavy (non-hydrogen) atoms. The molecule has 0 spiro atoms. The SMILES string of the molecule is COc1cc(Br)c(CNC[C@H]2CC[C@H](C(N)=O)O2)cc1OC. The van der Waals surface area contributed by atoms with Crippen LogP contribution in [0, 0.1) is 0 Å². The van der Waals surface area contributed by atoms with Crippen LogP contribution in [0.15, 0.2) is 16.6 Å². The number of benzene rings is 1. The van der Waals surface area contributed by atoms with E-state index in [0.29, 0.717) is 31.0 Å². The first kappa shape index (κ1) is 17.1. The summed E-state index contributed by atoms with van der Waals surface area (Å²) in [5.74, 6) is 0.986. The Morgan fingerprint density at radius 2 is 2.05 bits per heavy atom. The normalized spacial score (nSPS) is 20.9. The number of hydrogen-bond acceptors (Lipinski definition) is 5. The lowest BCUT2D eigenvalue weighted by Gasteiger charge is -2.15. The van der Waals surface area contributed by atoms with E-state index >= 15 is 0 Å². The number of primary amides is 1. The van der Waals surface area contributed by atoms with Crippen LogP contribution in [-0.4, -0.2) is 38.9 Å². The van der Waals surface area contributed by atoms with E-state index in [1.807, 2.05) is 12.1 Å². The molecule has 1 aliphatic rings. The zero-order valence-electron chi connectivity index (χ0n) is 12.7. The molecule has 1 saturated heterocycles. The van der Waals surface area contributed by atoms with Gasteiger partial charge < -0.3 is 25.3 Å². The molecule has 7 heteroatoms. The summed E-state index contributed by atoms with van der Waals surface area (Å²) in [5, 5.41) is 3.33. The van der Waals surface area contributed by atoms with Crippen LogP contribution in [0.2, 0.25) is 0 Å². The van der Waals surface area contributed by atoms with Crippen molar-refractivity contribution in [3.05, 3.63) is 22.2 Å². The molecule has 1 aliphatic heterocycles. The van der Waals surface area contributed by atoms with Gasteiger partial charge in [0.25, 0.3) is 0 Å². The highest BCUT2D eigenvalue weighted by Gasteiger charge is 2.28. The van der Waals surface area contributed by atoms with Crippen molar-refractivity contribution in [3.8, 4) is 11.5 Å². The number of ether oxygens (including phenoxy) is 3. The molecule has 0 bridgehead atoms. The van der Waals surface area contributed by atoms with Gasteiger partial charge in [0.15, 0.2) is 11.5 Å². The largest absolute Gasteiger partial charge is 0.493 e. The van der Waals surface area contributed by atoms with Crippen molar-refractivity contribution in [3.63, 3.8) is 0 Å². The Bertz CT molecular complexity index is 539. The molecule has 2 rings (SSSR count). The molecular formula is C15H21BrN2O4. The fraction of sp³-hybridized carbons (Fsp3) is 0.533. The van der Waals surface area contributed by atoms with Gasteiger partial charge in [-0.15, -0.1) is 0 Å². The predicted octanol–water partition coefficient (Wildman–Crippen LogP) is 1.59. The molecule has 6 nitrogen and oxygen atoms in total. The number of halogens is 1. The van der Waals surface area contributed by atoms with Gasteiger partial charge in [-0.05, 0) is 30.5 Å².